The maximum absolute atomic E-state index is 13.4. The van der Waals surface area contributed by atoms with E-state index >= 15 is 0 Å². The van der Waals surface area contributed by atoms with E-state index in [0.29, 0.717) is 22.1 Å². The number of hydrogen-bond donors (Lipinski definition) is 0. The first kappa shape index (κ1) is 19.2. The fourth-order valence-corrected chi connectivity index (χ4v) is 4.58. The van der Waals surface area contributed by atoms with Crippen LogP contribution in [0.15, 0.2) is 53.6 Å². The zero-order chi connectivity index (χ0) is 20.4. The Morgan fingerprint density at radius 1 is 1.03 bits per heavy atom. The Morgan fingerprint density at radius 2 is 1.62 bits per heavy atom. The van der Waals surface area contributed by atoms with Crippen molar-refractivity contribution in [3.8, 4) is 6.07 Å². The molecular weight excluding hydrogens is 380 g/mol. The van der Waals surface area contributed by atoms with Crippen LogP contribution in [0.5, 0.6) is 0 Å². The van der Waals surface area contributed by atoms with Crippen molar-refractivity contribution in [2.24, 2.45) is 0 Å². The van der Waals surface area contributed by atoms with Crippen LogP contribution < -0.4 is 4.90 Å². The molecule has 2 heterocycles. The van der Waals surface area contributed by atoms with Crippen molar-refractivity contribution in [1.29, 1.82) is 5.26 Å². The Bertz CT molecular complexity index is 1090. The van der Waals surface area contributed by atoms with E-state index in [1.165, 1.54) is 11.8 Å². The molecule has 5 nitrogen and oxygen atoms in total. The van der Waals surface area contributed by atoms with Gasteiger partial charge in [0.25, 0.3) is 0 Å². The van der Waals surface area contributed by atoms with Crippen LogP contribution in [0.2, 0.25) is 0 Å². The highest BCUT2D eigenvalue weighted by atomic mass is 32.2. The van der Waals surface area contributed by atoms with Crippen molar-refractivity contribution in [3.63, 3.8) is 0 Å². The molecule has 1 amide bonds. The summed E-state index contributed by atoms with van der Waals surface area (Å²) in [5.41, 5.74) is 5.25. The smallest absolute Gasteiger partial charge is 0.241 e. The Morgan fingerprint density at radius 3 is 2.21 bits per heavy atom. The highest BCUT2D eigenvalue weighted by Crippen LogP contribution is 2.36. The average Bonchev–Trinajstić information content (AvgIpc) is 2.88. The van der Waals surface area contributed by atoms with Gasteiger partial charge in [0, 0.05) is 0 Å². The molecule has 0 saturated carbocycles. The molecule has 6 heteroatoms. The lowest BCUT2D eigenvalue weighted by molar-refractivity contribution is -0.115. The Balaban J connectivity index is 1.69. The number of fused-ring (bicyclic) bond motifs is 2. The third-order valence-electron chi connectivity index (χ3n) is 4.99. The molecule has 0 radical (unpaired) electrons. The second-order valence-electron chi connectivity index (χ2n) is 6.92. The number of benzene rings is 2. The predicted molar refractivity (Wildman–Crippen MR) is 114 cm³/mol. The summed E-state index contributed by atoms with van der Waals surface area (Å²) in [5.74, 6) is 0.754. The highest BCUT2D eigenvalue weighted by Gasteiger charge is 2.26. The summed E-state index contributed by atoms with van der Waals surface area (Å²) in [6.45, 7) is 3.59. The quantitative estimate of drug-likeness (QED) is 0.477. The molecule has 1 aliphatic rings. The molecule has 1 aromatic heterocycles. The maximum atomic E-state index is 13.4. The molecule has 0 fully saturated rings. The molecule has 144 valence electrons. The summed E-state index contributed by atoms with van der Waals surface area (Å²) in [4.78, 5) is 23.9. The molecule has 4 rings (SSSR count). The third-order valence-corrected chi connectivity index (χ3v) is 5.95. The van der Waals surface area contributed by atoms with E-state index < -0.39 is 0 Å². The van der Waals surface area contributed by atoms with E-state index in [1.807, 2.05) is 41.3 Å². The first-order chi connectivity index (χ1) is 14.1. The molecule has 0 N–H and O–H groups in total. The van der Waals surface area contributed by atoms with Gasteiger partial charge in [0.2, 0.25) is 5.91 Å². The molecule has 0 atom stereocenters. The molecular formula is C23H20N4OS. The topological polar surface area (TPSA) is 69.9 Å². The van der Waals surface area contributed by atoms with Crippen LogP contribution in [0.4, 0.5) is 11.4 Å². The second-order valence-corrected chi connectivity index (χ2v) is 7.89. The lowest BCUT2D eigenvalue weighted by atomic mass is 10.0. The minimum atomic E-state index is -0.0328. The van der Waals surface area contributed by atoms with Gasteiger partial charge in [-0.1, -0.05) is 48.2 Å². The van der Waals surface area contributed by atoms with Crippen LogP contribution in [-0.2, 0) is 17.6 Å². The van der Waals surface area contributed by atoms with Crippen LogP contribution >= 0.6 is 11.8 Å². The second kappa shape index (κ2) is 8.06. The van der Waals surface area contributed by atoms with Gasteiger partial charge in [-0.3, -0.25) is 9.69 Å². The number of carbonyl (C=O) groups is 1. The average molecular weight is 401 g/mol. The summed E-state index contributed by atoms with van der Waals surface area (Å²) in [6, 6.07) is 18.3. The first-order valence-corrected chi connectivity index (χ1v) is 10.4. The van der Waals surface area contributed by atoms with Crippen molar-refractivity contribution >= 4 is 29.0 Å². The third kappa shape index (κ3) is 3.74. The Labute approximate surface area is 174 Å². The van der Waals surface area contributed by atoms with Crippen LogP contribution in [0.25, 0.3) is 0 Å². The van der Waals surface area contributed by atoms with Gasteiger partial charge in [0.15, 0.2) is 0 Å². The number of aryl methyl sites for hydroxylation is 4. The van der Waals surface area contributed by atoms with Crippen molar-refractivity contribution < 1.29 is 4.79 Å². The van der Waals surface area contributed by atoms with Gasteiger partial charge in [-0.05, 0) is 49.9 Å². The fraction of sp³-hybridized carbons (Fsp3) is 0.217. The van der Waals surface area contributed by atoms with Crippen molar-refractivity contribution in [2.45, 2.75) is 31.7 Å². The number of para-hydroxylation sites is 2. The number of thioether (sulfide) groups is 1. The molecule has 0 bridgehead atoms. The van der Waals surface area contributed by atoms with E-state index in [4.69, 9.17) is 0 Å². The highest BCUT2D eigenvalue weighted by molar-refractivity contribution is 8.00. The van der Waals surface area contributed by atoms with Crippen LogP contribution in [-0.4, -0.2) is 21.6 Å². The fourth-order valence-electron chi connectivity index (χ4n) is 3.66. The maximum Gasteiger partial charge on any atom is 0.241 e. The van der Waals surface area contributed by atoms with E-state index in [2.05, 4.69) is 28.2 Å². The Hall–Kier alpha value is -3.17. The number of carbonyl (C=O) groups excluding carboxylic acids is 1. The summed E-state index contributed by atoms with van der Waals surface area (Å²) in [7, 11) is 0. The van der Waals surface area contributed by atoms with Gasteiger partial charge in [-0.25, -0.2) is 9.97 Å². The van der Waals surface area contributed by atoms with E-state index in [9.17, 15) is 10.1 Å². The lowest BCUT2D eigenvalue weighted by Gasteiger charge is -2.25. The number of hydrogen-bond acceptors (Lipinski definition) is 5. The zero-order valence-corrected chi connectivity index (χ0v) is 17.2. The van der Waals surface area contributed by atoms with Crippen molar-refractivity contribution in [3.05, 3.63) is 76.7 Å². The van der Waals surface area contributed by atoms with E-state index in [1.54, 1.807) is 13.8 Å². The minimum absolute atomic E-state index is 0.0328. The van der Waals surface area contributed by atoms with Gasteiger partial charge in [-0.15, -0.1) is 0 Å². The number of nitrogens with zero attached hydrogens (tertiary/aromatic N) is 4. The Kier molecular flexibility index (Phi) is 5.32. The standard InChI is InChI=1S/C23H20N4OS/c1-15-19(13-24)23(26-16(2)25-15)29-14-22(28)27-20-9-5-3-7-17(20)11-12-18-8-4-6-10-21(18)27/h3-10H,11-12,14H2,1-2H3. The van der Waals surface area contributed by atoms with Crippen molar-refractivity contribution in [2.75, 3.05) is 10.7 Å². The monoisotopic (exact) mass is 400 g/mol. The number of anilines is 2. The summed E-state index contributed by atoms with van der Waals surface area (Å²) < 4.78 is 0. The summed E-state index contributed by atoms with van der Waals surface area (Å²) >= 11 is 1.29. The van der Waals surface area contributed by atoms with E-state index in [0.717, 1.165) is 35.3 Å². The van der Waals surface area contributed by atoms with Crippen LogP contribution in [0, 0.1) is 25.2 Å². The number of nitriles is 1. The largest absolute Gasteiger partial charge is 0.280 e. The molecule has 1 aliphatic heterocycles. The van der Waals surface area contributed by atoms with Gasteiger partial charge in [0.1, 0.15) is 22.5 Å². The van der Waals surface area contributed by atoms with Crippen molar-refractivity contribution in [1.82, 2.24) is 9.97 Å². The molecule has 0 unspecified atom stereocenters. The van der Waals surface area contributed by atoms with Gasteiger partial charge >= 0.3 is 0 Å². The number of amides is 1. The molecule has 0 aliphatic carbocycles. The first-order valence-electron chi connectivity index (χ1n) is 9.45. The number of aromatic nitrogens is 2. The minimum Gasteiger partial charge on any atom is -0.280 e. The molecule has 0 saturated heterocycles. The predicted octanol–water partition coefficient (Wildman–Crippen LogP) is 4.52. The molecule has 2 aromatic carbocycles. The van der Waals surface area contributed by atoms with Gasteiger partial charge in [0.05, 0.1) is 22.8 Å². The van der Waals surface area contributed by atoms with Gasteiger partial charge in [-0.2, -0.15) is 5.26 Å². The van der Waals surface area contributed by atoms with Gasteiger partial charge < -0.3 is 0 Å². The molecule has 3 aromatic rings. The van der Waals surface area contributed by atoms with E-state index in [-0.39, 0.29) is 11.7 Å². The SMILES string of the molecule is Cc1nc(C)c(C#N)c(SCC(=O)N2c3ccccc3CCc3ccccc32)n1. The molecule has 0 spiro atoms. The zero-order valence-electron chi connectivity index (χ0n) is 16.3. The summed E-state index contributed by atoms with van der Waals surface area (Å²) in [6.07, 6.45) is 1.79. The normalized spacial score (nSPS) is 12.5. The summed E-state index contributed by atoms with van der Waals surface area (Å²) in [5, 5.41) is 10.0. The number of rotatable bonds is 3. The van der Waals surface area contributed by atoms with Crippen LogP contribution in [0.1, 0.15) is 28.2 Å². The van der Waals surface area contributed by atoms with Crippen LogP contribution in [0.3, 0.4) is 0 Å². The lowest BCUT2D eigenvalue weighted by Crippen LogP contribution is -2.28. The molecule has 29 heavy (non-hydrogen) atoms.